The van der Waals surface area contributed by atoms with Crippen molar-refractivity contribution in [2.24, 2.45) is 0 Å². The van der Waals surface area contributed by atoms with Gasteiger partial charge in [0.05, 0.1) is 11.1 Å². The van der Waals surface area contributed by atoms with Gasteiger partial charge in [0.15, 0.2) is 6.10 Å². The number of aromatic nitrogens is 1. The third-order valence-electron chi connectivity index (χ3n) is 4.99. The Morgan fingerprint density at radius 3 is 2.55 bits per heavy atom. The average Bonchev–Trinajstić information content (AvgIpc) is 3.16. The zero-order valence-corrected chi connectivity index (χ0v) is 15.7. The van der Waals surface area contributed by atoms with Gasteiger partial charge in [-0.15, -0.1) is 0 Å². The van der Waals surface area contributed by atoms with E-state index in [4.69, 9.17) is 4.74 Å². The number of carbonyl (C=O) groups excluding carboxylic acids is 2. The number of halogens is 2. The molecule has 1 aliphatic carbocycles. The number of anilines is 1. The van der Waals surface area contributed by atoms with E-state index in [2.05, 4.69) is 10.3 Å². The van der Waals surface area contributed by atoms with Gasteiger partial charge in [0.25, 0.3) is 5.91 Å². The predicted molar refractivity (Wildman–Crippen MR) is 104 cm³/mol. The number of hydrogen-bond acceptors (Lipinski definition) is 4. The number of esters is 1. The van der Waals surface area contributed by atoms with Crippen LogP contribution in [0, 0.1) is 11.6 Å². The molecule has 0 fully saturated rings. The van der Waals surface area contributed by atoms with E-state index in [-0.39, 0.29) is 0 Å². The lowest BCUT2D eigenvalue weighted by atomic mass is 10.0. The predicted octanol–water partition coefficient (Wildman–Crippen LogP) is 4.19. The van der Waals surface area contributed by atoms with Crippen LogP contribution in [-0.4, -0.2) is 23.0 Å². The molecule has 1 heterocycles. The van der Waals surface area contributed by atoms with Crippen molar-refractivity contribution in [1.82, 2.24) is 4.98 Å². The molecule has 29 heavy (non-hydrogen) atoms. The first-order valence-corrected chi connectivity index (χ1v) is 9.32. The van der Waals surface area contributed by atoms with Crippen LogP contribution in [0.2, 0.25) is 0 Å². The minimum absolute atomic E-state index is 0.403. The Morgan fingerprint density at radius 2 is 1.79 bits per heavy atom. The molecule has 0 radical (unpaired) electrons. The van der Waals surface area contributed by atoms with E-state index < -0.39 is 35.3 Å². The van der Waals surface area contributed by atoms with Gasteiger partial charge in [-0.2, -0.15) is 0 Å². The fourth-order valence-corrected chi connectivity index (χ4v) is 3.56. The van der Waals surface area contributed by atoms with Crippen LogP contribution < -0.4 is 5.32 Å². The van der Waals surface area contributed by atoms with Crippen molar-refractivity contribution in [3.63, 3.8) is 0 Å². The number of para-hydroxylation sites is 2. The summed E-state index contributed by atoms with van der Waals surface area (Å²) < 4.78 is 32.9. The summed E-state index contributed by atoms with van der Waals surface area (Å²) in [5, 5.41) is 2.80. The number of amides is 1. The quantitative estimate of drug-likeness (QED) is 0.672. The number of carbonyl (C=O) groups is 2. The Labute approximate surface area is 165 Å². The number of ether oxygens (including phenoxy) is 1. The normalized spacial score (nSPS) is 13.8. The highest BCUT2D eigenvalue weighted by Crippen LogP contribution is 2.30. The van der Waals surface area contributed by atoms with E-state index >= 15 is 0 Å². The summed E-state index contributed by atoms with van der Waals surface area (Å²) in [6.45, 7) is 1.36. The second-order valence-corrected chi connectivity index (χ2v) is 6.92. The maximum Gasteiger partial charge on any atom is 0.339 e. The van der Waals surface area contributed by atoms with Gasteiger partial charge in [-0.1, -0.05) is 24.3 Å². The molecule has 3 aromatic rings. The molecule has 1 aliphatic rings. The molecule has 1 aromatic heterocycles. The van der Waals surface area contributed by atoms with Crippen LogP contribution in [0.5, 0.6) is 0 Å². The Balaban J connectivity index is 1.59. The van der Waals surface area contributed by atoms with Crippen LogP contribution in [0.15, 0.2) is 42.5 Å². The van der Waals surface area contributed by atoms with Gasteiger partial charge in [0.1, 0.15) is 17.3 Å². The van der Waals surface area contributed by atoms with Crippen molar-refractivity contribution in [3.8, 4) is 0 Å². The summed E-state index contributed by atoms with van der Waals surface area (Å²) >= 11 is 0. The Bertz CT molecular complexity index is 1110. The summed E-state index contributed by atoms with van der Waals surface area (Å²) in [7, 11) is 0. The van der Waals surface area contributed by atoms with E-state index in [9.17, 15) is 18.4 Å². The third kappa shape index (κ3) is 3.55. The van der Waals surface area contributed by atoms with E-state index in [1.807, 2.05) is 12.1 Å². The fourth-order valence-electron chi connectivity index (χ4n) is 3.56. The third-order valence-corrected chi connectivity index (χ3v) is 4.99. The van der Waals surface area contributed by atoms with Crippen molar-refractivity contribution in [2.75, 3.05) is 5.32 Å². The molecule has 0 saturated heterocycles. The molecule has 2 aromatic carbocycles. The number of aryl methyl sites for hydroxylation is 1. The maximum atomic E-state index is 13.8. The number of fused-ring (bicyclic) bond motifs is 2. The Morgan fingerprint density at radius 1 is 1.07 bits per heavy atom. The molecule has 0 aliphatic heterocycles. The summed E-state index contributed by atoms with van der Waals surface area (Å²) in [4.78, 5) is 29.9. The molecule has 1 atom stereocenters. The van der Waals surface area contributed by atoms with Crippen molar-refractivity contribution in [1.29, 1.82) is 0 Å². The molecule has 0 unspecified atom stereocenters. The van der Waals surface area contributed by atoms with Gasteiger partial charge in [0.2, 0.25) is 0 Å². The number of rotatable bonds is 4. The highest BCUT2D eigenvalue weighted by atomic mass is 19.1. The van der Waals surface area contributed by atoms with Crippen molar-refractivity contribution in [3.05, 3.63) is 70.9 Å². The highest BCUT2D eigenvalue weighted by Gasteiger charge is 2.27. The van der Waals surface area contributed by atoms with Crippen LogP contribution in [0.25, 0.3) is 10.9 Å². The minimum atomic E-state index is -1.24. The maximum absolute atomic E-state index is 13.8. The zero-order valence-electron chi connectivity index (χ0n) is 15.7. The fraction of sp³-hybridized carbons (Fsp3) is 0.227. The van der Waals surface area contributed by atoms with Gasteiger partial charge in [-0.3, -0.25) is 9.78 Å². The van der Waals surface area contributed by atoms with E-state index in [1.54, 1.807) is 12.1 Å². The first-order valence-electron chi connectivity index (χ1n) is 9.32. The number of nitrogens with one attached hydrogen (secondary N) is 1. The minimum Gasteiger partial charge on any atom is -0.449 e. The lowest BCUT2D eigenvalue weighted by Crippen LogP contribution is -2.31. The molecule has 7 heteroatoms. The van der Waals surface area contributed by atoms with E-state index in [0.29, 0.717) is 22.9 Å². The molecule has 5 nitrogen and oxygen atoms in total. The monoisotopic (exact) mass is 396 g/mol. The lowest BCUT2D eigenvalue weighted by Gasteiger charge is -2.16. The molecule has 0 saturated carbocycles. The van der Waals surface area contributed by atoms with Gasteiger partial charge in [0, 0.05) is 11.1 Å². The topological polar surface area (TPSA) is 68.3 Å². The molecule has 4 rings (SSSR count). The molecule has 1 amide bonds. The first-order chi connectivity index (χ1) is 14.0. The van der Waals surface area contributed by atoms with Gasteiger partial charge in [-0.05, 0) is 49.9 Å². The van der Waals surface area contributed by atoms with Gasteiger partial charge < -0.3 is 10.1 Å². The summed E-state index contributed by atoms with van der Waals surface area (Å²) in [5.74, 6) is -3.29. The number of benzene rings is 2. The highest BCUT2D eigenvalue weighted by molar-refractivity contribution is 6.06. The number of pyridine rings is 1. The molecule has 0 bridgehead atoms. The smallest absolute Gasteiger partial charge is 0.339 e. The van der Waals surface area contributed by atoms with E-state index in [0.717, 1.165) is 36.2 Å². The first kappa shape index (κ1) is 19.0. The molecule has 1 N–H and O–H groups in total. The molecular weight excluding hydrogens is 378 g/mol. The van der Waals surface area contributed by atoms with Crippen LogP contribution in [0.1, 0.15) is 35.0 Å². The Kier molecular flexibility index (Phi) is 4.96. The molecule has 148 valence electrons. The summed E-state index contributed by atoms with van der Waals surface area (Å²) in [6.07, 6.45) is 1.13. The van der Waals surface area contributed by atoms with Gasteiger partial charge >= 0.3 is 5.97 Å². The largest absolute Gasteiger partial charge is 0.449 e. The molecule has 0 spiro atoms. The SMILES string of the molecule is C[C@@H](OC(=O)c1c2c(nc3ccccc13)CCC2)C(=O)Nc1c(F)cccc1F. The zero-order chi connectivity index (χ0) is 20.5. The second-order valence-electron chi connectivity index (χ2n) is 6.92. The van der Waals surface area contributed by atoms with Crippen molar-refractivity contribution >= 4 is 28.5 Å². The van der Waals surface area contributed by atoms with Crippen LogP contribution in [0.3, 0.4) is 0 Å². The van der Waals surface area contributed by atoms with E-state index in [1.165, 1.54) is 13.0 Å². The van der Waals surface area contributed by atoms with Crippen molar-refractivity contribution < 1.29 is 23.1 Å². The summed E-state index contributed by atoms with van der Waals surface area (Å²) in [5.41, 5.74) is 2.21. The Hall–Kier alpha value is -3.35. The van der Waals surface area contributed by atoms with Crippen LogP contribution in [0.4, 0.5) is 14.5 Å². The average molecular weight is 396 g/mol. The number of hydrogen-bond donors (Lipinski definition) is 1. The lowest BCUT2D eigenvalue weighted by molar-refractivity contribution is -0.123. The summed E-state index contributed by atoms with van der Waals surface area (Å²) in [6, 6.07) is 10.5. The van der Waals surface area contributed by atoms with Gasteiger partial charge in [-0.25, -0.2) is 13.6 Å². The number of nitrogens with zero attached hydrogens (tertiary/aromatic N) is 1. The second kappa shape index (κ2) is 7.58. The van der Waals surface area contributed by atoms with Crippen LogP contribution >= 0.6 is 0 Å². The van der Waals surface area contributed by atoms with Crippen molar-refractivity contribution in [2.45, 2.75) is 32.3 Å². The standard InChI is InChI=1S/C22H18F2N2O3/c1-12(21(27)26-20-15(23)8-5-9-16(20)24)29-22(28)19-13-6-2-3-10-17(13)25-18-11-4-7-14(18)19/h2-3,5-6,8-10,12H,4,7,11H2,1H3,(H,26,27)/t12-/m1/s1. The van der Waals surface area contributed by atoms with Crippen LogP contribution in [-0.2, 0) is 22.4 Å². The molecular formula is C22H18F2N2O3.